The highest BCUT2D eigenvalue weighted by atomic mass is 32.2. The van der Waals surface area contributed by atoms with E-state index in [2.05, 4.69) is 9.68 Å². The van der Waals surface area contributed by atoms with Crippen molar-refractivity contribution in [3.63, 3.8) is 0 Å². The summed E-state index contributed by atoms with van der Waals surface area (Å²) < 4.78 is 33.1. The molecular formula is C11H11N2O4S-. The Labute approximate surface area is 107 Å². The highest BCUT2D eigenvalue weighted by molar-refractivity contribution is 7.80. The number of ether oxygens (including phenoxy) is 1. The van der Waals surface area contributed by atoms with Gasteiger partial charge in [-0.25, -0.2) is 0 Å². The minimum absolute atomic E-state index is 0.187. The minimum atomic E-state index is -2.41. The van der Waals surface area contributed by atoms with E-state index in [4.69, 9.17) is 4.74 Å². The summed E-state index contributed by atoms with van der Waals surface area (Å²) in [6.07, 6.45) is 1.32. The van der Waals surface area contributed by atoms with Crippen molar-refractivity contribution in [1.82, 2.24) is 5.16 Å². The van der Waals surface area contributed by atoms with E-state index >= 15 is 0 Å². The van der Waals surface area contributed by atoms with E-state index in [0.717, 1.165) is 15.6 Å². The summed E-state index contributed by atoms with van der Waals surface area (Å²) in [6.45, 7) is 0.187. The summed E-state index contributed by atoms with van der Waals surface area (Å²) in [6, 6.07) is 8.60. The Morgan fingerprint density at radius 3 is 2.61 bits per heavy atom. The van der Waals surface area contributed by atoms with Crippen LogP contribution in [0.4, 0.5) is 5.82 Å². The molecule has 2 aromatic rings. The second-order valence-corrected chi connectivity index (χ2v) is 4.33. The highest BCUT2D eigenvalue weighted by Gasteiger charge is 2.11. The lowest BCUT2D eigenvalue weighted by atomic mass is 10.2. The van der Waals surface area contributed by atoms with Crippen LogP contribution in [0.1, 0.15) is 5.56 Å². The summed E-state index contributed by atoms with van der Waals surface area (Å²) in [5, 5.41) is 3.60. The average molecular weight is 267 g/mol. The maximum Gasteiger partial charge on any atom is 0.183 e. The lowest BCUT2D eigenvalue weighted by Crippen LogP contribution is -2.25. The third-order valence-corrected chi connectivity index (χ3v) is 3.02. The molecule has 2 rings (SSSR count). The zero-order valence-electron chi connectivity index (χ0n) is 9.61. The number of hydrogen-bond donors (Lipinski definition) is 0. The standard InChI is InChI=1S/C11H12N2O4S/c1-16-10-4-2-9(3-5-10)8-13(18(14)15)11-6-7-17-12-11/h2-7H,8H2,1H3,(H,14,15)/p-1. The number of methoxy groups -OCH3 is 1. The molecule has 0 saturated heterocycles. The summed E-state index contributed by atoms with van der Waals surface area (Å²) in [7, 11) is 1.57. The van der Waals surface area contributed by atoms with Crippen LogP contribution in [-0.2, 0) is 17.8 Å². The Hall–Kier alpha value is -1.86. The fourth-order valence-corrected chi connectivity index (χ4v) is 1.94. The van der Waals surface area contributed by atoms with Crippen LogP contribution in [0.5, 0.6) is 5.75 Å². The van der Waals surface area contributed by atoms with Crippen molar-refractivity contribution in [2.45, 2.75) is 6.54 Å². The van der Waals surface area contributed by atoms with Crippen LogP contribution >= 0.6 is 0 Å². The molecule has 0 radical (unpaired) electrons. The number of hydrogen-bond acceptors (Lipinski definition) is 5. The predicted octanol–water partition coefficient (Wildman–Crippen LogP) is 1.48. The molecule has 1 aromatic carbocycles. The lowest BCUT2D eigenvalue weighted by Gasteiger charge is -2.23. The minimum Gasteiger partial charge on any atom is -0.755 e. The van der Waals surface area contributed by atoms with Crippen molar-refractivity contribution in [2.24, 2.45) is 0 Å². The molecule has 0 aliphatic rings. The lowest BCUT2D eigenvalue weighted by molar-refractivity contribution is 0.414. The van der Waals surface area contributed by atoms with Gasteiger partial charge in [0.05, 0.1) is 13.7 Å². The number of aromatic nitrogens is 1. The number of anilines is 1. The fraction of sp³-hybridized carbons (Fsp3) is 0.182. The molecule has 1 atom stereocenters. The maximum atomic E-state index is 11.1. The first-order valence-electron chi connectivity index (χ1n) is 5.11. The van der Waals surface area contributed by atoms with Gasteiger partial charge >= 0.3 is 0 Å². The van der Waals surface area contributed by atoms with Gasteiger partial charge in [-0.15, -0.1) is 0 Å². The monoisotopic (exact) mass is 267 g/mol. The second kappa shape index (κ2) is 5.65. The average Bonchev–Trinajstić information content (AvgIpc) is 2.90. The van der Waals surface area contributed by atoms with Crippen LogP contribution in [0.15, 0.2) is 41.1 Å². The van der Waals surface area contributed by atoms with E-state index in [1.54, 1.807) is 31.4 Å². The quantitative estimate of drug-likeness (QED) is 0.767. The van der Waals surface area contributed by atoms with Gasteiger partial charge in [-0.2, -0.15) is 0 Å². The van der Waals surface area contributed by atoms with Crippen LogP contribution < -0.4 is 9.04 Å². The van der Waals surface area contributed by atoms with Gasteiger partial charge in [0.1, 0.15) is 12.0 Å². The van der Waals surface area contributed by atoms with Gasteiger partial charge in [0.15, 0.2) is 5.82 Å². The first-order chi connectivity index (χ1) is 8.70. The van der Waals surface area contributed by atoms with E-state index in [-0.39, 0.29) is 12.4 Å². The van der Waals surface area contributed by atoms with Crippen LogP contribution in [-0.4, -0.2) is 21.0 Å². The van der Waals surface area contributed by atoms with Gasteiger partial charge in [-0.1, -0.05) is 17.3 Å². The molecule has 1 unspecified atom stereocenters. The molecule has 0 spiro atoms. The predicted molar refractivity (Wildman–Crippen MR) is 64.6 cm³/mol. The molecule has 0 aliphatic heterocycles. The van der Waals surface area contributed by atoms with Crippen LogP contribution in [0.3, 0.4) is 0 Å². The van der Waals surface area contributed by atoms with E-state index < -0.39 is 11.3 Å². The summed E-state index contributed by atoms with van der Waals surface area (Å²) in [5.41, 5.74) is 0.822. The maximum absolute atomic E-state index is 11.1. The largest absolute Gasteiger partial charge is 0.755 e. The highest BCUT2D eigenvalue weighted by Crippen LogP contribution is 2.18. The second-order valence-electron chi connectivity index (χ2n) is 3.46. The molecule has 0 bridgehead atoms. The first kappa shape index (κ1) is 12.6. The van der Waals surface area contributed by atoms with Crippen molar-refractivity contribution in [3.05, 3.63) is 42.2 Å². The van der Waals surface area contributed by atoms with Gasteiger partial charge in [0, 0.05) is 17.3 Å². The molecule has 6 nitrogen and oxygen atoms in total. The van der Waals surface area contributed by atoms with E-state index in [1.807, 2.05) is 0 Å². The smallest absolute Gasteiger partial charge is 0.183 e. The molecule has 18 heavy (non-hydrogen) atoms. The van der Waals surface area contributed by atoms with Crippen LogP contribution in [0, 0.1) is 0 Å². The van der Waals surface area contributed by atoms with Crippen molar-refractivity contribution in [1.29, 1.82) is 0 Å². The van der Waals surface area contributed by atoms with Crippen molar-refractivity contribution in [2.75, 3.05) is 11.4 Å². The molecule has 7 heteroatoms. The van der Waals surface area contributed by atoms with Gasteiger partial charge in [-0.3, -0.25) is 8.51 Å². The molecule has 0 N–H and O–H groups in total. The number of benzene rings is 1. The Morgan fingerprint density at radius 1 is 1.39 bits per heavy atom. The number of nitrogens with zero attached hydrogens (tertiary/aromatic N) is 2. The van der Waals surface area contributed by atoms with Gasteiger partial charge in [0.25, 0.3) is 0 Å². The zero-order chi connectivity index (χ0) is 13.0. The van der Waals surface area contributed by atoms with Crippen molar-refractivity contribution in [3.8, 4) is 5.75 Å². The summed E-state index contributed by atoms with van der Waals surface area (Å²) in [5.74, 6) is 0.967. The van der Waals surface area contributed by atoms with Crippen molar-refractivity contribution < 1.29 is 18.0 Å². The SMILES string of the molecule is COc1ccc(CN(c2ccon2)S(=O)[O-])cc1. The molecule has 0 fully saturated rings. The topological polar surface area (TPSA) is 78.6 Å². The Kier molecular flexibility index (Phi) is 3.96. The molecular weight excluding hydrogens is 256 g/mol. The molecule has 0 amide bonds. The summed E-state index contributed by atoms with van der Waals surface area (Å²) >= 11 is -2.41. The molecule has 1 aromatic heterocycles. The first-order valence-corrected chi connectivity index (χ1v) is 6.14. The van der Waals surface area contributed by atoms with Crippen molar-refractivity contribution >= 4 is 17.1 Å². The Morgan fingerprint density at radius 2 is 2.11 bits per heavy atom. The van der Waals surface area contributed by atoms with Crippen LogP contribution in [0.2, 0.25) is 0 Å². The van der Waals surface area contributed by atoms with E-state index in [0.29, 0.717) is 0 Å². The van der Waals surface area contributed by atoms with E-state index in [9.17, 15) is 8.76 Å². The zero-order valence-corrected chi connectivity index (χ0v) is 10.4. The van der Waals surface area contributed by atoms with E-state index in [1.165, 1.54) is 12.3 Å². The Bertz CT molecular complexity index is 512. The molecule has 1 heterocycles. The Balaban J connectivity index is 2.16. The normalized spacial score (nSPS) is 12.1. The molecule has 0 saturated carbocycles. The third kappa shape index (κ3) is 2.88. The molecule has 0 aliphatic carbocycles. The van der Waals surface area contributed by atoms with Crippen LogP contribution in [0.25, 0.3) is 0 Å². The summed E-state index contributed by atoms with van der Waals surface area (Å²) in [4.78, 5) is 0. The van der Waals surface area contributed by atoms with Gasteiger partial charge in [0.2, 0.25) is 0 Å². The van der Waals surface area contributed by atoms with Gasteiger partial charge in [-0.05, 0) is 17.7 Å². The fourth-order valence-electron chi connectivity index (χ4n) is 1.44. The van der Waals surface area contributed by atoms with Gasteiger partial charge < -0.3 is 13.8 Å². The molecule has 96 valence electrons. The third-order valence-electron chi connectivity index (χ3n) is 2.34. The number of rotatable bonds is 5.